The van der Waals surface area contributed by atoms with Crippen molar-refractivity contribution in [2.24, 2.45) is 0 Å². The van der Waals surface area contributed by atoms with E-state index in [2.05, 4.69) is 20.9 Å². The number of anilines is 1. The first-order valence-electron chi connectivity index (χ1n) is 7.44. The van der Waals surface area contributed by atoms with Crippen LogP contribution in [0, 0.1) is 0 Å². The van der Waals surface area contributed by atoms with Gasteiger partial charge in [0.15, 0.2) is 0 Å². The SMILES string of the molecule is CCNc1cc(C(=O)NC2CCC(=O)NC2)cc(CC)n1. The summed E-state index contributed by atoms with van der Waals surface area (Å²) in [7, 11) is 0. The van der Waals surface area contributed by atoms with E-state index in [0.717, 1.165) is 24.5 Å². The van der Waals surface area contributed by atoms with Crippen molar-refractivity contribution in [3.8, 4) is 0 Å². The van der Waals surface area contributed by atoms with E-state index in [0.29, 0.717) is 24.9 Å². The van der Waals surface area contributed by atoms with Crippen LogP contribution in [0.5, 0.6) is 0 Å². The summed E-state index contributed by atoms with van der Waals surface area (Å²) >= 11 is 0. The average molecular weight is 290 g/mol. The highest BCUT2D eigenvalue weighted by atomic mass is 16.2. The van der Waals surface area contributed by atoms with Crippen molar-refractivity contribution in [3.63, 3.8) is 0 Å². The minimum absolute atomic E-state index is 0.00368. The number of nitrogens with one attached hydrogen (secondary N) is 3. The van der Waals surface area contributed by atoms with Crippen LogP contribution in [0.25, 0.3) is 0 Å². The fourth-order valence-electron chi connectivity index (χ4n) is 2.30. The highest BCUT2D eigenvalue weighted by molar-refractivity contribution is 5.95. The Bertz CT molecular complexity index is 520. The van der Waals surface area contributed by atoms with E-state index in [1.807, 2.05) is 19.9 Å². The van der Waals surface area contributed by atoms with Crippen molar-refractivity contribution in [3.05, 3.63) is 23.4 Å². The van der Waals surface area contributed by atoms with Gasteiger partial charge in [0.2, 0.25) is 5.91 Å². The summed E-state index contributed by atoms with van der Waals surface area (Å²) in [5.74, 6) is 0.651. The number of hydrogen-bond donors (Lipinski definition) is 3. The van der Waals surface area contributed by atoms with Crippen molar-refractivity contribution in [1.29, 1.82) is 0 Å². The van der Waals surface area contributed by atoms with Gasteiger partial charge in [0.25, 0.3) is 5.91 Å². The Morgan fingerprint density at radius 1 is 1.43 bits per heavy atom. The van der Waals surface area contributed by atoms with Gasteiger partial charge in [0.05, 0.1) is 0 Å². The number of aromatic nitrogens is 1. The molecule has 1 aliphatic rings. The molecule has 1 aromatic heterocycles. The molecule has 2 rings (SSSR count). The zero-order valence-corrected chi connectivity index (χ0v) is 12.5. The van der Waals surface area contributed by atoms with Crippen molar-refractivity contribution in [2.45, 2.75) is 39.2 Å². The molecular formula is C15H22N4O2. The van der Waals surface area contributed by atoms with E-state index in [1.54, 1.807) is 6.07 Å². The lowest BCUT2D eigenvalue weighted by Gasteiger charge is -2.23. The second-order valence-electron chi connectivity index (χ2n) is 5.13. The molecular weight excluding hydrogens is 268 g/mol. The fraction of sp³-hybridized carbons (Fsp3) is 0.533. The quantitative estimate of drug-likeness (QED) is 0.758. The van der Waals surface area contributed by atoms with Crippen LogP contribution in [0.15, 0.2) is 12.1 Å². The average Bonchev–Trinajstić information content (AvgIpc) is 2.49. The van der Waals surface area contributed by atoms with Gasteiger partial charge in [-0.2, -0.15) is 0 Å². The van der Waals surface area contributed by atoms with E-state index in [4.69, 9.17) is 0 Å². The molecule has 1 saturated heterocycles. The number of carbonyl (C=O) groups is 2. The number of nitrogens with zero attached hydrogens (tertiary/aromatic N) is 1. The molecule has 2 amide bonds. The first-order chi connectivity index (χ1) is 10.1. The Morgan fingerprint density at radius 3 is 2.86 bits per heavy atom. The van der Waals surface area contributed by atoms with E-state index < -0.39 is 0 Å². The number of amides is 2. The molecule has 0 aliphatic carbocycles. The standard InChI is InChI=1S/C15H22N4O2/c1-3-11-7-10(8-13(18-11)16-4-2)15(21)19-12-5-6-14(20)17-9-12/h7-8,12H,3-6,9H2,1-2H3,(H,16,18)(H,17,20)(H,19,21). The summed E-state index contributed by atoms with van der Waals surface area (Å²) in [6, 6.07) is 3.58. The molecule has 0 bridgehead atoms. The molecule has 0 radical (unpaired) electrons. The molecule has 114 valence electrons. The summed E-state index contributed by atoms with van der Waals surface area (Å²) in [5, 5.41) is 8.87. The number of aryl methyl sites for hydroxylation is 1. The molecule has 0 spiro atoms. The van der Waals surface area contributed by atoms with Gasteiger partial charge in [-0.3, -0.25) is 9.59 Å². The second kappa shape index (κ2) is 7.06. The minimum atomic E-state index is -0.118. The first-order valence-corrected chi connectivity index (χ1v) is 7.44. The lowest BCUT2D eigenvalue weighted by atomic mass is 10.1. The second-order valence-corrected chi connectivity index (χ2v) is 5.13. The van der Waals surface area contributed by atoms with Crippen LogP contribution in [0.2, 0.25) is 0 Å². The maximum Gasteiger partial charge on any atom is 0.251 e. The van der Waals surface area contributed by atoms with E-state index in [1.165, 1.54) is 0 Å². The maximum atomic E-state index is 12.3. The van der Waals surface area contributed by atoms with Crippen LogP contribution >= 0.6 is 0 Å². The third-order valence-electron chi connectivity index (χ3n) is 3.46. The van der Waals surface area contributed by atoms with Gasteiger partial charge >= 0.3 is 0 Å². The molecule has 1 unspecified atom stereocenters. The largest absolute Gasteiger partial charge is 0.370 e. The third-order valence-corrected chi connectivity index (χ3v) is 3.46. The summed E-state index contributed by atoms with van der Waals surface area (Å²) in [6.07, 6.45) is 1.92. The molecule has 0 aromatic carbocycles. The van der Waals surface area contributed by atoms with Gasteiger partial charge in [-0.25, -0.2) is 4.98 Å². The summed E-state index contributed by atoms with van der Waals surface area (Å²) in [4.78, 5) is 27.9. The number of hydrogen-bond acceptors (Lipinski definition) is 4. The van der Waals surface area contributed by atoms with Gasteiger partial charge in [0, 0.05) is 36.8 Å². The molecule has 2 heterocycles. The molecule has 6 nitrogen and oxygen atoms in total. The van der Waals surface area contributed by atoms with Crippen LogP contribution < -0.4 is 16.0 Å². The predicted molar refractivity (Wildman–Crippen MR) is 81.3 cm³/mol. The zero-order chi connectivity index (χ0) is 15.2. The topological polar surface area (TPSA) is 83.1 Å². The van der Waals surface area contributed by atoms with Gasteiger partial charge in [-0.1, -0.05) is 6.92 Å². The highest BCUT2D eigenvalue weighted by Crippen LogP contribution is 2.12. The lowest BCUT2D eigenvalue weighted by Crippen LogP contribution is -2.47. The van der Waals surface area contributed by atoms with E-state index in [-0.39, 0.29) is 17.9 Å². The third kappa shape index (κ3) is 4.18. The fourth-order valence-corrected chi connectivity index (χ4v) is 2.30. The molecule has 21 heavy (non-hydrogen) atoms. The van der Waals surface area contributed by atoms with Crippen molar-refractivity contribution < 1.29 is 9.59 Å². The normalized spacial score (nSPS) is 18.0. The predicted octanol–water partition coefficient (Wildman–Crippen LogP) is 1.08. The Morgan fingerprint density at radius 2 is 2.24 bits per heavy atom. The molecule has 3 N–H and O–H groups in total. The number of carbonyl (C=O) groups excluding carboxylic acids is 2. The van der Waals surface area contributed by atoms with Gasteiger partial charge in [0.1, 0.15) is 5.82 Å². The Balaban J connectivity index is 2.07. The number of rotatable bonds is 5. The van der Waals surface area contributed by atoms with Crippen LogP contribution in [-0.2, 0) is 11.2 Å². The monoisotopic (exact) mass is 290 g/mol. The van der Waals surface area contributed by atoms with Crippen molar-refractivity contribution >= 4 is 17.6 Å². The molecule has 1 fully saturated rings. The molecule has 0 saturated carbocycles. The molecule has 1 aliphatic heterocycles. The summed E-state index contributed by atoms with van der Waals surface area (Å²) < 4.78 is 0. The van der Waals surface area contributed by atoms with Crippen molar-refractivity contribution in [2.75, 3.05) is 18.4 Å². The summed E-state index contributed by atoms with van der Waals surface area (Å²) in [6.45, 7) is 5.26. The van der Waals surface area contributed by atoms with Crippen LogP contribution in [0.1, 0.15) is 42.7 Å². The zero-order valence-electron chi connectivity index (χ0n) is 12.5. The van der Waals surface area contributed by atoms with Gasteiger partial charge < -0.3 is 16.0 Å². The minimum Gasteiger partial charge on any atom is -0.370 e. The van der Waals surface area contributed by atoms with Crippen LogP contribution in [0.3, 0.4) is 0 Å². The number of pyridine rings is 1. The van der Waals surface area contributed by atoms with Crippen LogP contribution in [0.4, 0.5) is 5.82 Å². The van der Waals surface area contributed by atoms with Crippen molar-refractivity contribution in [1.82, 2.24) is 15.6 Å². The molecule has 1 aromatic rings. The van der Waals surface area contributed by atoms with E-state index in [9.17, 15) is 9.59 Å². The van der Waals surface area contributed by atoms with E-state index >= 15 is 0 Å². The smallest absolute Gasteiger partial charge is 0.251 e. The lowest BCUT2D eigenvalue weighted by molar-refractivity contribution is -0.122. The maximum absolute atomic E-state index is 12.3. The van der Waals surface area contributed by atoms with Gasteiger partial charge in [-0.15, -0.1) is 0 Å². The Hall–Kier alpha value is -2.11. The van der Waals surface area contributed by atoms with Crippen LogP contribution in [-0.4, -0.2) is 35.9 Å². The first kappa shape index (κ1) is 15.3. The Labute approximate surface area is 124 Å². The molecule has 6 heteroatoms. The highest BCUT2D eigenvalue weighted by Gasteiger charge is 2.20. The molecule has 1 atom stereocenters. The number of piperidine rings is 1. The Kier molecular flexibility index (Phi) is 5.14. The van der Waals surface area contributed by atoms with Gasteiger partial charge in [-0.05, 0) is 31.9 Å². The summed E-state index contributed by atoms with van der Waals surface area (Å²) in [5.41, 5.74) is 1.49.